The lowest BCUT2D eigenvalue weighted by molar-refractivity contribution is -0.143. The molecule has 3 saturated carbocycles. The number of carbonyl (C=O) groups is 1. The molecule has 5 aliphatic carbocycles. The molecule has 158 valence electrons. The molecule has 0 aliphatic heterocycles. The summed E-state index contributed by atoms with van der Waals surface area (Å²) in [6, 6.07) is 0. The highest BCUT2D eigenvalue weighted by Gasteiger charge is 2.51. The van der Waals surface area contributed by atoms with Crippen molar-refractivity contribution in [3.63, 3.8) is 0 Å². The van der Waals surface area contributed by atoms with Crippen molar-refractivity contribution < 1.29 is 15.0 Å². The number of rotatable bonds is 2. The van der Waals surface area contributed by atoms with E-state index in [9.17, 15) is 15.0 Å². The molecule has 0 saturated heterocycles. The summed E-state index contributed by atoms with van der Waals surface area (Å²) in [6.07, 6.45) is 24.5. The molecule has 0 aromatic heterocycles. The fourth-order valence-electron chi connectivity index (χ4n) is 5.54. The van der Waals surface area contributed by atoms with Crippen molar-refractivity contribution >= 4 is 5.78 Å². The maximum atomic E-state index is 10.2. The first-order chi connectivity index (χ1) is 13.5. The highest BCUT2D eigenvalue weighted by Crippen LogP contribution is 2.46. The maximum absolute atomic E-state index is 10.2. The van der Waals surface area contributed by atoms with E-state index in [0.717, 1.165) is 77.0 Å². The summed E-state index contributed by atoms with van der Waals surface area (Å²) in [6.45, 7) is 0. The van der Waals surface area contributed by atoms with Crippen LogP contribution in [0.1, 0.15) is 116 Å². The standard InChI is InChI=1S/C10H18O2.C10H14.C5H8O/c11-9(5-1-2-6-9)10(12)7-3-4-8-10;1-2-6-9(5-1)10-7-3-4-8-10;6-5-3-1-2-4-5/h11-12H,1-8H2;5,7H,1-4,6,8H2;1-4H2. The van der Waals surface area contributed by atoms with E-state index in [0.29, 0.717) is 5.78 Å². The Bertz CT molecular complexity index is 525. The third-order valence-electron chi connectivity index (χ3n) is 7.38. The highest BCUT2D eigenvalue weighted by atomic mass is 16.4. The summed E-state index contributed by atoms with van der Waals surface area (Å²) in [5.74, 6) is 0.454. The number of Topliss-reactive ketones (excluding diaryl/α,β-unsaturated/α-hetero) is 1. The summed E-state index contributed by atoms with van der Waals surface area (Å²) in [4.78, 5) is 10.2. The van der Waals surface area contributed by atoms with E-state index in [2.05, 4.69) is 12.2 Å². The zero-order valence-corrected chi connectivity index (χ0v) is 17.7. The number of aliphatic hydroxyl groups is 2. The third-order valence-corrected chi connectivity index (χ3v) is 7.38. The number of hydrogen-bond donors (Lipinski definition) is 2. The van der Waals surface area contributed by atoms with Crippen LogP contribution in [0.15, 0.2) is 23.3 Å². The number of ketones is 1. The Labute approximate surface area is 171 Å². The summed E-state index contributed by atoms with van der Waals surface area (Å²) >= 11 is 0. The summed E-state index contributed by atoms with van der Waals surface area (Å²) in [5.41, 5.74) is 1.86. The molecule has 0 heterocycles. The second kappa shape index (κ2) is 10.2. The van der Waals surface area contributed by atoms with Crippen LogP contribution in [0.25, 0.3) is 0 Å². The molecule has 5 aliphatic rings. The van der Waals surface area contributed by atoms with Gasteiger partial charge in [0.25, 0.3) is 0 Å². The van der Waals surface area contributed by atoms with Crippen molar-refractivity contribution in [2.24, 2.45) is 0 Å². The maximum Gasteiger partial charge on any atom is 0.132 e. The van der Waals surface area contributed by atoms with Gasteiger partial charge in [0, 0.05) is 12.8 Å². The summed E-state index contributed by atoms with van der Waals surface area (Å²) < 4.78 is 0. The van der Waals surface area contributed by atoms with Gasteiger partial charge in [-0.2, -0.15) is 0 Å². The monoisotopic (exact) mass is 388 g/mol. The predicted octanol–water partition coefficient (Wildman–Crippen LogP) is 5.93. The molecule has 0 unspecified atom stereocenters. The molecule has 3 nitrogen and oxygen atoms in total. The molecule has 0 bridgehead atoms. The molecule has 2 N–H and O–H groups in total. The van der Waals surface area contributed by atoms with Gasteiger partial charge in [-0.15, -0.1) is 0 Å². The highest BCUT2D eigenvalue weighted by molar-refractivity contribution is 5.80. The van der Waals surface area contributed by atoms with E-state index in [1.54, 1.807) is 11.1 Å². The third kappa shape index (κ3) is 5.57. The Hall–Kier alpha value is -0.930. The zero-order chi connectivity index (χ0) is 19.9. The van der Waals surface area contributed by atoms with E-state index in [-0.39, 0.29) is 0 Å². The predicted molar refractivity (Wildman–Crippen MR) is 114 cm³/mol. The van der Waals surface area contributed by atoms with Gasteiger partial charge in [-0.3, -0.25) is 4.79 Å². The van der Waals surface area contributed by atoms with Crippen LogP contribution in [-0.4, -0.2) is 27.2 Å². The van der Waals surface area contributed by atoms with Crippen molar-refractivity contribution in [3.05, 3.63) is 23.3 Å². The SMILES string of the molecule is C1=C(C2=CCCC2)CCC1.O=C1CCCC1.OC1(C2(O)CCCC2)CCCC1. The lowest BCUT2D eigenvalue weighted by atomic mass is 9.80. The quantitative estimate of drug-likeness (QED) is 0.616. The minimum atomic E-state index is -0.733. The Morgan fingerprint density at radius 1 is 0.571 bits per heavy atom. The molecule has 0 atom stereocenters. The molecule has 3 heteroatoms. The van der Waals surface area contributed by atoms with Crippen molar-refractivity contribution in [2.45, 2.75) is 127 Å². The molecule has 28 heavy (non-hydrogen) atoms. The number of hydrogen-bond acceptors (Lipinski definition) is 3. The van der Waals surface area contributed by atoms with Gasteiger partial charge in [-0.25, -0.2) is 0 Å². The first kappa shape index (κ1) is 21.8. The van der Waals surface area contributed by atoms with E-state index in [1.807, 2.05) is 0 Å². The van der Waals surface area contributed by atoms with Crippen molar-refractivity contribution in [2.75, 3.05) is 0 Å². The van der Waals surface area contributed by atoms with Crippen LogP contribution in [0, 0.1) is 0 Å². The molecule has 5 rings (SSSR count). The van der Waals surface area contributed by atoms with Crippen LogP contribution in [0.5, 0.6) is 0 Å². The van der Waals surface area contributed by atoms with Crippen LogP contribution in [-0.2, 0) is 4.79 Å². The minimum Gasteiger partial charge on any atom is -0.387 e. The van der Waals surface area contributed by atoms with Gasteiger partial charge in [-0.05, 0) is 88.2 Å². The largest absolute Gasteiger partial charge is 0.387 e. The Morgan fingerprint density at radius 2 is 0.964 bits per heavy atom. The molecular weight excluding hydrogens is 348 g/mol. The molecule has 0 radical (unpaired) electrons. The van der Waals surface area contributed by atoms with E-state index in [1.165, 1.54) is 38.5 Å². The van der Waals surface area contributed by atoms with Crippen LogP contribution in [0.4, 0.5) is 0 Å². The molecule has 0 aromatic carbocycles. The van der Waals surface area contributed by atoms with E-state index < -0.39 is 11.2 Å². The van der Waals surface area contributed by atoms with Gasteiger partial charge < -0.3 is 10.2 Å². The average molecular weight is 389 g/mol. The summed E-state index contributed by atoms with van der Waals surface area (Å²) in [7, 11) is 0. The second-order valence-electron chi connectivity index (χ2n) is 9.47. The van der Waals surface area contributed by atoms with Crippen molar-refractivity contribution in [1.82, 2.24) is 0 Å². The van der Waals surface area contributed by atoms with Gasteiger partial charge in [0.1, 0.15) is 5.78 Å². The van der Waals surface area contributed by atoms with Gasteiger partial charge in [0.2, 0.25) is 0 Å². The van der Waals surface area contributed by atoms with Crippen molar-refractivity contribution in [1.29, 1.82) is 0 Å². The Morgan fingerprint density at radius 3 is 1.21 bits per heavy atom. The van der Waals surface area contributed by atoms with Gasteiger partial charge in [-0.1, -0.05) is 37.8 Å². The van der Waals surface area contributed by atoms with Gasteiger partial charge >= 0.3 is 0 Å². The second-order valence-corrected chi connectivity index (χ2v) is 9.47. The van der Waals surface area contributed by atoms with Gasteiger partial charge in [0.05, 0.1) is 11.2 Å². The minimum absolute atomic E-state index is 0.454. The molecule has 0 spiro atoms. The first-order valence-electron chi connectivity index (χ1n) is 11.9. The normalized spacial score (nSPS) is 27.6. The van der Waals surface area contributed by atoms with Gasteiger partial charge in [0.15, 0.2) is 0 Å². The van der Waals surface area contributed by atoms with Crippen LogP contribution < -0.4 is 0 Å². The average Bonchev–Trinajstić information content (AvgIpc) is 3.48. The lowest BCUT2D eigenvalue weighted by Gasteiger charge is -2.38. The topological polar surface area (TPSA) is 57.5 Å². The molecule has 3 fully saturated rings. The first-order valence-corrected chi connectivity index (χ1v) is 11.9. The number of allylic oxidation sites excluding steroid dienone is 4. The zero-order valence-electron chi connectivity index (χ0n) is 17.7. The van der Waals surface area contributed by atoms with Crippen LogP contribution >= 0.6 is 0 Å². The molecular formula is C25H40O3. The number of carbonyl (C=O) groups excluding carboxylic acids is 1. The van der Waals surface area contributed by atoms with E-state index in [4.69, 9.17) is 0 Å². The molecule has 0 amide bonds. The Kier molecular flexibility index (Phi) is 7.93. The van der Waals surface area contributed by atoms with Crippen LogP contribution in [0.3, 0.4) is 0 Å². The van der Waals surface area contributed by atoms with E-state index >= 15 is 0 Å². The summed E-state index contributed by atoms with van der Waals surface area (Å²) in [5, 5.41) is 20.4. The smallest absolute Gasteiger partial charge is 0.132 e. The lowest BCUT2D eigenvalue weighted by Crippen LogP contribution is -2.50. The fourth-order valence-corrected chi connectivity index (χ4v) is 5.54. The Balaban J connectivity index is 0.000000127. The van der Waals surface area contributed by atoms with Crippen LogP contribution in [0.2, 0.25) is 0 Å². The molecule has 0 aromatic rings. The fraction of sp³-hybridized carbons (Fsp3) is 0.800. The van der Waals surface area contributed by atoms with Crippen molar-refractivity contribution in [3.8, 4) is 0 Å².